The van der Waals surface area contributed by atoms with E-state index in [1.807, 2.05) is 25.1 Å². The first-order chi connectivity index (χ1) is 10.3. The number of rotatable bonds is 5. The Bertz CT molecular complexity index is 716. The van der Waals surface area contributed by atoms with Crippen LogP contribution in [0.3, 0.4) is 0 Å². The molecule has 3 aromatic rings. The van der Waals surface area contributed by atoms with Gasteiger partial charge in [0, 0.05) is 21.5 Å². The van der Waals surface area contributed by atoms with Gasteiger partial charge in [0.2, 0.25) is 0 Å². The fourth-order valence-corrected chi connectivity index (χ4v) is 4.19. The lowest BCUT2D eigenvalue weighted by Gasteiger charge is -2.00. The quantitative estimate of drug-likeness (QED) is 0.781. The van der Waals surface area contributed by atoms with Crippen LogP contribution in [-0.4, -0.2) is 16.5 Å². The van der Waals surface area contributed by atoms with E-state index in [1.54, 1.807) is 22.7 Å². The van der Waals surface area contributed by atoms with E-state index in [-0.39, 0.29) is 0 Å². The summed E-state index contributed by atoms with van der Waals surface area (Å²) in [6, 6.07) is 10.3. The van der Waals surface area contributed by atoms with Crippen LogP contribution in [0.1, 0.15) is 20.6 Å². The molecule has 0 unspecified atom stereocenters. The molecule has 1 aromatic carbocycles. The monoisotopic (exact) mass is 315 g/mol. The van der Waals surface area contributed by atoms with Gasteiger partial charge in [-0.1, -0.05) is 30.3 Å². The van der Waals surface area contributed by atoms with Crippen LogP contribution >= 0.6 is 22.7 Å². The lowest BCUT2D eigenvalue weighted by atomic mass is 10.1. The molecule has 0 fully saturated rings. The SMILES string of the molecule is Cc1csc(Cc2nc(-c3ccccc3)c(CCN)s2)n1. The summed E-state index contributed by atoms with van der Waals surface area (Å²) in [5.41, 5.74) is 9.07. The molecule has 21 heavy (non-hydrogen) atoms. The predicted molar refractivity (Wildman–Crippen MR) is 90.0 cm³/mol. The molecular formula is C16H17N3S2. The Hall–Kier alpha value is -1.56. The van der Waals surface area contributed by atoms with E-state index >= 15 is 0 Å². The third-order valence-electron chi connectivity index (χ3n) is 3.13. The van der Waals surface area contributed by atoms with Crippen LogP contribution in [0.4, 0.5) is 0 Å². The summed E-state index contributed by atoms with van der Waals surface area (Å²) in [7, 11) is 0. The second-order valence-corrected chi connectivity index (χ2v) is 6.95. The highest BCUT2D eigenvalue weighted by molar-refractivity contribution is 7.12. The second-order valence-electron chi connectivity index (χ2n) is 4.84. The lowest BCUT2D eigenvalue weighted by Crippen LogP contribution is -2.02. The van der Waals surface area contributed by atoms with Gasteiger partial charge < -0.3 is 5.73 Å². The summed E-state index contributed by atoms with van der Waals surface area (Å²) in [4.78, 5) is 10.6. The van der Waals surface area contributed by atoms with Crippen molar-refractivity contribution >= 4 is 22.7 Å². The average molecular weight is 315 g/mol. The molecule has 0 amide bonds. The first-order valence-electron chi connectivity index (χ1n) is 6.91. The molecule has 0 aliphatic rings. The Balaban J connectivity index is 1.92. The molecule has 0 spiro atoms. The van der Waals surface area contributed by atoms with Gasteiger partial charge in [-0.3, -0.25) is 0 Å². The van der Waals surface area contributed by atoms with Crippen LogP contribution in [0.15, 0.2) is 35.7 Å². The minimum Gasteiger partial charge on any atom is -0.330 e. The van der Waals surface area contributed by atoms with Crippen molar-refractivity contribution in [2.45, 2.75) is 19.8 Å². The van der Waals surface area contributed by atoms with Gasteiger partial charge in [0.1, 0.15) is 5.01 Å². The van der Waals surface area contributed by atoms with E-state index in [9.17, 15) is 0 Å². The third-order valence-corrected chi connectivity index (χ3v) is 5.21. The largest absolute Gasteiger partial charge is 0.330 e. The van der Waals surface area contributed by atoms with E-state index in [2.05, 4.69) is 22.5 Å². The molecule has 0 aliphatic heterocycles. The van der Waals surface area contributed by atoms with Gasteiger partial charge in [-0.2, -0.15) is 0 Å². The molecule has 2 aromatic heterocycles. The van der Waals surface area contributed by atoms with Crippen LogP contribution < -0.4 is 5.73 Å². The third kappa shape index (κ3) is 3.37. The van der Waals surface area contributed by atoms with E-state index in [0.29, 0.717) is 6.54 Å². The van der Waals surface area contributed by atoms with Crippen molar-refractivity contribution in [2.24, 2.45) is 5.73 Å². The summed E-state index contributed by atoms with van der Waals surface area (Å²) in [6.45, 7) is 2.68. The smallest absolute Gasteiger partial charge is 0.100 e. The summed E-state index contributed by atoms with van der Waals surface area (Å²) in [6.07, 6.45) is 1.69. The van der Waals surface area contributed by atoms with Crippen LogP contribution in [0, 0.1) is 6.92 Å². The molecule has 5 heteroatoms. The topological polar surface area (TPSA) is 51.8 Å². The standard InChI is InChI=1S/C16H17N3S2/c1-11-10-20-14(18-11)9-15-19-16(13(21-15)7-8-17)12-5-3-2-4-6-12/h2-6,10H,7-9,17H2,1H3. The zero-order valence-electron chi connectivity index (χ0n) is 11.9. The van der Waals surface area contributed by atoms with E-state index in [1.165, 1.54) is 10.4 Å². The van der Waals surface area contributed by atoms with Crippen molar-refractivity contribution in [3.8, 4) is 11.3 Å². The number of nitrogens with two attached hydrogens (primary N) is 1. The molecule has 0 radical (unpaired) electrons. The van der Waals surface area contributed by atoms with E-state index < -0.39 is 0 Å². The maximum absolute atomic E-state index is 5.74. The van der Waals surface area contributed by atoms with Gasteiger partial charge in [0.25, 0.3) is 0 Å². The van der Waals surface area contributed by atoms with Crippen molar-refractivity contribution in [1.29, 1.82) is 0 Å². The van der Waals surface area contributed by atoms with E-state index in [0.717, 1.165) is 34.2 Å². The maximum atomic E-state index is 5.74. The summed E-state index contributed by atoms with van der Waals surface area (Å²) in [5.74, 6) is 0. The molecule has 0 bridgehead atoms. The van der Waals surface area contributed by atoms with Gasteiger partial charge in [-0.25, -0.2) is 9.97 Å². The first kappa shape index (κ1) is 14.4. The van der Waals surface area contributed by atoms with Crippen molar-refractivity contribution in [3.63, 3.8) is 0 Å². The Morgan fingerprint density at radius 1 is 1.10 bits per heavy atom. The average Bonchev–Trinajstić information content (AvgIpc) is 3.07. The maximum Gasteiger partial charge on any atom is 0.100 e. The van der Waals surface area contributed by atoms with Gasteiger partial charge >= 0.3 is 0 Å². The Morgan fingerprint density at radius 2 is 1.90 bits per heavy atom. The van der Waals surface area contributed by atoms with Gasteiger partial charge in [-0.15, -0.1) is 22.7 Å². The highest BCUT2D eigenvalue weighted by Crippen LogP contribution is 2.30. The Kier molecular flexibility index (Phi) is 4.43. The highest BCUT2D eigenvalue weighted by Gasteiger charge is 2.13. The Morgan fingerprint density at radius 3 is 2.57 bits per heavy atom. The summed E-state index contributed by atoms with van der Waals surface area (Å²) in [5, 5.41) is 4.33. The molecule has 3 nitrogen and oxygen atoms in total. The molecule has 3 rings (SSSR count). The molecule has 0 saturated heterocycles. The number of benzene rings is 1. The molecule has 0 aliphatic carbocycles. The fourth-order valence-electron chi connectivity index (χ4n) is 2.21. The predicted octanol–water partition coefficient (Wildman–Crippen LogP) is 3.67. The van der Waals surface area contributed by atoms with Gasteiger partial charge in [-0.05, 0) is 19.9 Å². The zero-order valence-corrected chi connectivity index (χ0v) is 13.5. The summed E-state index contributed by atoms with van der Waals surface area (Å²) >= 11 is 3.46. The molecule has 108 valence electrons. The lowest BCUT2D eigenvalue weighted by molar-refractivity contribution is 0.985. The summed E-state index contributed by atoms with van der Waals surface area (Å²) < 4.78 is 0. The number of hydrogen-bond donors (Lipinski definition) is 1. The van der Waals surface area contributed by atoms with Crippen molar-refractivity contribution in [3.05, 3.63) is 56.3 Å². The van der Waals surface area contributed by atoms with Crippen LogP contribution in [-0.2, 0) is 12.8 Å². The number of hydrogen-bond acceptors (Lipinski definition) is 5. The molecule has 2 heterocycles. The van der Waals surface area contributed by atoms with Crippen LogP contribution in [0.2, 0.25) is 0 Å². The van der Waals surface area contributed by atoms with Crippen molar-refractivity contribution in [1.82, 2.24) is 9.97 Å². The minimum absolute atomic E-state index is 0.651. The Labute approximate surface area is 132 Å². The van der Waals surface area contributed by atoms with Crippen LogP contribution in [0.25, 0.3) is 11.3 Å². The normalized spacial score (nSPS) is 11.0. The molecule has 2 N–H and O–H groups in total. The van der Waals surface area contributed by atoms with E-state index in [4.69, 9.17) is 10.7 Å². The van der Waals surface area contributed by atoms with Gasteiger partial charge in [0.05, 0.1) is 17.1 Å². The fraction of sp³-hybridized carbons (Fsp3) is 0.250. The first-order valence-corrected chi connectivity index (χ1v) is 8.61. The number of nitrogens with zero attached hydrogens (tertiary/aromatic N) is 2. The van der Waals surface area contributed by atoms with Gasteiger partial charge in [0.15, 0.2) is 0 Å². The number of thiazole rings is 2. The molecular weight excluding hydrogens is 298 g/mol. The molecule has 0 saturated carbocycles. The number of aromatic nitrogens is 2. The van der Waals surface area contributed by atoms with Crippen molar-refractivity contribution < 1.29 is 0 Å². The van der Waals surface area contributed by atoms with Crippen molar-refractivity contribution in [2.75, 3.05) is 6.54 Å². The number of aryl methyl sites for hydroxylation is 1. The second kappa shape index (κ2) is 6.47. The minimum atomic E-state index is 0.651. The molecule has 0 atom stereocenters. The zero-order chi connectivity index (χ0) is 14.7. The van der Waals surface area contributed by atoms with Crippen LogP contribution in [0.5, 0.6) is 0 Å². The highest BCUT2D eigenvalue weighted by atomic mass is 32.1.